The molecular weight excluding hydrogens is 717 g/mol. The van der Waals surface area contributed by atoms with Crippen LogP contribution in [0.1, 0.15) is 194 Å². The molecule has 0 radical (unpaired) electrons. The van der Waals surface area contributed by atoms with Crippen LogP contribution in [0.15, 0.2) is 79.0 Å². The van der Waals surface area contributed by atoms with Gasteiger partial charge in [0.15, 0.2) is 11.6 Å². The summed E-state index contributed by atoms with van der Waals surface area (Å²) in [4.78, 5) is 20.2. The minimum Gasteiger partial charge on any atom is -0.255 e. The summed E-state index contributed by atoms with van der Waals surface area (Å²) in [5.41, 5.74) is 12.7. The Labute approximate surface area is 358 Å². The quantitative estimate of drug-likeness (QED) is 0.0880. The third-order valence-electron chi connectivity index (χ3n) is 12.8. The van der Waals surface area contributed by atoms with Gasteiger partial charge in [0.2, 0.25) is 0 Å². The van der Waals surface area contributed by atoms with Crippen LogP contribution in [0.5, 0.6) is 0 Å². The fraction of sp³-hybridized carbons (Fsp3) is 0.527. The lowest BCUT2D eigenvalue weighted by atomic mass is 9.69. The van der Waals surface area contributed by atoms with Gasteiger partial charge in [-0.1, -0.05) is 208 Å². The molecule has 0 bridgehead atoms. The summed E-state index contributed by atoms with van der Waals surface area (Å²) in [7, 11) is 0. The lowest BCUT2D eigenvalue weighted by Gasteiger charge is -2.34. The molecule has 0 aliphatic heterocycles. The summed E-state index contributed by atoms with van der Waals surface area (Å²) < 4.78 is 0. The molecule has 2 aromatic heterocycles. The topological polar surface area (TPSA) is 51.6 Å². The SMILES string of the molecule is CCCCCCCCC1(CCCCCCCC)c2cc(-c3ccc(-c4nc(-c5ccc(C(C)(C)C)cc5)nc(C(C)(C)C)n4)cn3)ccc2-c2ccc(C(C)(C)C)cc21. The molecule has 0 atom stereocenters. The van der Waals surface area contributed by atoms with Crippen molar-refractivity contribution in [1.29, 1.82) is 0 Å². The summed E-state index contributed by atoms with van der Waals surface area (Å²) in [5, 5.41) is 0. The Hall–Kier alpha value is -4.18. The van der Waals surface area contributed by atoms with Crippen LogP contribution in [0, 0.1) is 0 Å². The van der Waals surface area contributed by atoms with Crippen LogP contribution in [0.25, 0.3) is 45.2 Å². The highest BCUT2D eigenvalue weighted by Gasteiger charge is 2.43. The number of aromatic nitrogens is 4. The lowest BCUT2D eigenvalue weighted by molar-refractivity contribution is 0.397. The molecule has 4 nitrogen and oxygen atoms in total. The number of hydrogen-bond acceptors (Lipinski definition) is 4. The van der Waals surface area contributed by atoms with Crippen LogP contribution in [0.4, 0.5) is 0 Å². The summed E-state index contributed by atoms with van der Waals surface area (Å²) in [6.45, 7) is 24.9. The first-order valence-corrected chi connectivity index (χ1v) is 23.2. The van der Waals surface area contributed by atoms with Crippen molar-refractivity contribution >= 4 is 0 Å². The minimum absolute atomic E-state index is 0.00705. The molecule has 6 rings (SSSR count). The van der Waals surface area contributed by atoms with Gasteiger partial charge in [-0.3, -0.25) is 4.98 Å². The number of unbranched alkanes of at least 4 members (excludes halogenated alkanes) is 10. The van der Waals surface area contributed by atoms with Gasteiger partial charge in [0.25, 0.3) is 0 Å². The average Bonchev–Trinajstić information content (AvgIpc) is 3.47. The Kier molecular flexibility index (Phi) is 14.0. The van der Waals surface area contributed by atoms with Crippen molar-refractivity contribution in [3.05, 3.63) is 107 Å². The van der Waals surface area contributed by atoms with Gasteiger partial charge in [-0.2, -0.15) is 0 Å². The van der Waals surface area contributed by atoms with Crippen molar-refractivity contribution in [3.63, 3.8) is 0 Å². The van der Waals surface area contributed by atoms with E-state index in [1.807, 2.05) is 6.20 Å². The first-order valence-electron chi connectivity index (χ1n) is 23.2. The molecule has 1 aliphatic rings. The molecule has 0 saturated carbocycles. The van der Waals surface area contributed by atoms with Gasteiger partial charge in [-0.25, -0.2) is 15.0 Å². The second kappa shape index (κ2) is 18.6. The van der Waals surface area contributed by atoms with E-state index in [1.54, 1.807) is 5.56 Å². The van der Waals surface area contributed by atoms with Crippen molar-refractivity contribution in [3.8, 4) is 45.2 Å². The molecule has 0 fully saturated rings. The number of nitrogens with zero attached hydrogens (tertiary/aromatic N) is 4. The minimum atomic E-state index is -0.238. The van der Waals surface area contributed by atoms with Crippen molar-refractivity contribution < 1.29 is 0 Å². The standard InChI is InChI=1S/C55H74N4/c1-12-14-16-18-20-22-34-55(35-23-21-19-17-15-13-2)46-36-40(26-31-44(46)45-32-30-43(37-47(45)55)53(6,7)8)48-33-27-41(38-56-48)50-57-49(58-51(59-50)54(9,10)11)39-24-28-42(29-25-39)52(3,4)5/h24-33,36-38H,12-23,34-35H2,1-11H3. The molecular formula is C55H74N4. The smallest absolute Gasteiger partial charge is 0.165 e. The molecule has 3 aromatic carbocycles. The highest BCUT2D eigenvalue weighted by molar-refractivity contribution is 5.84. The Morgan fingerprint density at radius 1 is 0.441 bits per heavy atom. The van der Waals surface area contributed by atoms with E-state index in [0.29, 0.717) is 11.6 Å². The van der Waals surface area contributed by atoms with Crippen molar-refractivity contribution in [2.45, 2.75) is 188 Å². The molecule has 5 aromatic rings. The predicted octanol–water partition coefficient (Wildman–Crippen LogP) is 15.9. The van der Waals surface area contributed by atoms with Crippen LogP contribution in [-0.4, -0.2) is 19.9 Å². The fourth-order valence-electron chi connectivity index (χ4n) is 8.98. The van der Waals surface area contributed by atoms with E-state index in [2.05, 4.69) is 149 Å². The maximum atomic E-state index is 5.13. The van der Waals surface area contributed by atoms with Crippen molar-refractivity contribution in [2.24, 2.45) is 0 Å². The van der Waals surface area contributed by atoms with E-state index in [0.717, 1.165) is 22.6 Å². The third-order valence-corrected chi connectivity index (χ3v) is 12.8. The molecule has 0 saturated heterocycles. The number of benzene rings is 3. The van der Waals surface area contributed by atoms with E-state index in [9.17, 15) is 0 Å². The predicted molar refractivity (Wildman–Crippen MR) is 252 cm³/mol. The molecule has 0 amide bonds. The zero-order valence-corrected chi connectivity index (χ0v) is 38.7. The Morgan fingerprint density at radius 2 is 0.915 bits per heavy atom. The van der Waals surface area contributed by atoms with Gasteiger partial charge in [0.1, 0.15) is 5.82 Å². The fourth-order valence-corrected chi connectivity index (χ4v) is 8.98. The summed E-state index contributed by atoms with van der Waals surface area (Å²) >= 11 is 0. The zero-order chi connectivity index (χ0) is 42.4. The lowest BCUT2D eigenvalue weighted by Crippen LogP contribution is -2.26. The summed E-state index contributed by atoms with van der Waals surface area (Å²) in [5.74, 6) is 2.14. The van der Waals surface area contributed by atoms with Gasteiger partial charge in [0.05, 0.1) is 5.69 Å². The second-order valence-electron chi connectivity index (χ2n) is 20.7. The molecule has 4 heteroatoms. The Balaban J connectivity index is 1.38. The van der Waals surface area contributed by atoms with Gasteiger partial charge in [0, 0.05) is 33.7 Å². The Bertz CT molecular complexity index is 2120. The number of pyridine rings is 1. The van der Waals surface area contributed by atoms with E-state index in [1.165, 1.54) is 123 Å². The van der Waals surface area contributed by atoms with Crippen LogP contribution in [-0.2, 0) is 21.7 Å². The molecule has 59 heavy (non-hydrogen) atoms. The molecule has 1 aliphatic carbocycles. The number of fused-ring (bicyclic) bond motifs is 3. The summed E-state index contributed by atoms with van der Waals surface area (Å²) in [6, 6.07) is 27.6. The largest absolute Gasteiger partial charge is 0.255 e. The maximum Gasteiger partial charge on any atom is 0.165 e. The van der Waals surface area contributed by atoms with Crippen LogP contribution in [0.3, 0.4) is 0 Å². The van der Waals surface area contributed by atoms with E-state index < -0.39 is 0 Å². The van der Waals surface area contributed by atoms with Gasteiger partial charge in [-0.05, 0) is 75.3 Å². The highest BCUT2D eigenvalue weighted by Crippen LogP contribution is 2.55. The normalized spacial score (nSPS) is 13.7. The third kappa shape index (κ3) is 10.4. The molecule has 0 N–H and O–H groups in total. The van der Waals surface area contributed by atoms with E-state index in [-0.39, 0.29) is 21.7 Å². The van der Waals surface area contributed by atoms with E-state index >= 15 is 0 Å². The van der Waals surface area contributed by atoms with Gasteiger partial charge >= 0.3 is 0 Å². The average molecular weight is 791 g/mol. The monoisotopic (exact) mass is 791 g/mol. The highest BCUT2D eigenvalue weighted by atomic mass is 15.0. The van der Waals surface area contributed by atoms with Crippen molar-refractivity contribution in [2.75, 3.05) is 0 Å². The van der Waals surface area contributed by atoms with Gasteiger partial charge < -0.3 is 0 Å². The maximum absolute atomic E-state index is 5.13. The van der Waals surface area contributed by atoms with Crippen LogP contribution < -0.4 is 0 Å². The molecule has 0 unspecified atom stereocenters. The zero-order valence-electron chi connectivity index (χ0n) is 38.7. The number of hydrogen-bond donors (Lipinski definition) is 0. The van der Waals surface area contributed by atoms with E-state index in [4.69, 9.17) is 19.9 Å². The van der Waals surface area contributed by atoms with Gasteiger partial charge in [-0.15, -0.1) is 0 Å². The van der Waals surface area contributed by atoms with Crippen molar-refractivity contribution in [1.82, 2.24) is 19.9 Å². The summed E-state index contributed by atoms with van der Waals surface area (Å²) in [6.07, 6.45) is 20.1. The first-order chi connectivity index (χ1) is 28.0. The molecule has 314 valence electrons. The number of rotatable bonds is 17. The molecule has 2 heterocycles. The van der Waals surface area contributed by atoms with Crippen LogP contribution in [0.2, 0.25) is 0 Å². The molecule has 0 spiro atoms. The first kappa shape index (κ1) is 44.4. The van der Waals surface area contributed by atoms with Crippen LogP contribution >= 0.6 is 0 Å². The Morgan fingerprint density at radius 3 is 1.44 bits per heavy atom. The second-order valence-corrected chi connectivity index (χ2v) is 20.7.